The molecule has 1 amide bonds. The third kappa shape index (κ3) is 8.82. The highest BCUT2D eigenvalue weighted by molar-refractivity contribution is 5.89. The van der Waals surface area contributed by atoms with E-state index >= 15 is 0 Å². The van der Waals surface area contributed by atoms with E-state index in [1.54, 1.807) is 65.8 Å². The summed E-state index contributed by atoms with van der Waals surface area (Å²) in [5, 5.41) is 14.1. The Hall–Kier alpha value is -4.06. The number of nitrogens with one attached hydrogen (secondary N) is 1. The van der Waals surface area contributed by atoms with Gasteiger partial charge in [0.2, 0.25) is 0 Å². The minimum absolute atomic E-state index is 0.0611. The maximum absolute atomic E-state index is 12.2. The fraction of sp³-hybridized carbons (Fsp3) is 0.360. The second-order valence-corrected chi connectivity index (χ2v) is 9.24. The number of amides is 1. The fourth-order valence-electron chi connectivity index (χ4n) is 2.62. The van der Waals surface area contributed by atoms with Crippen LogP contribution in [0.15, 0.2) is 42.5 Å². The molecular weight excluding hydrogens is 440 g/mol. The summed E-state index contributed by atoms with van der Waals surface area (Å²) >= 11 is 0. The number of carbonyl (C=O) groups is 2. The highest BCUT2D eigenvalue weighted by Crippen LogP contribution is 2.33. The smallest absolute Gasteiger partial charge is 0.412 e. The molecule has 0 atom stereocenters. The zero-order valence-corrected chi connectivity index (χ0v) is 20.1. The molecular formula is C25H28N2O7. The number of benzene rings is 2. The molecule has 180 valence electrons. The molecule has 0 aliphatic rings. The standard InChI is InChI=1S/C25H28N2O7/c1-24(2,3)33-22(28)16-32-21-15-19(26-23(29)34-25(4,5)6)20(27(30)31)14-18(21)13-12-17-10-8-7-9-11-17/h7-11,14-15H,16H2,1-6H3,(H,26,29). The summed E-state index contributed by atoms with van der Waals surface area (Å²) in [4.78, 5) is 35.4. The van der Waals surface area contributed by atoms with Gasteiger partial charge in [-0.05, 0) is 53.7 Å². The zero-order valence-electron chi connectivity index (χ0n) is 20.1. The van der Waals surface area contributed by atoms with Crippen molar-refractivity contribution in [3.63, 3.8) is 0 Å². The molecule has 9 heteroatoms. The van der Waals surface area contributed by atoms with Crippen molar-refractivity contribution >= 4 is 23.4 Å². The molecule has 2 aromatic carbocycles. The van der Waals surface area contributed by atoms with Crippen molar-refractivity contribution in [2.75, 3.05) is 11.9 Å². The Morgan fingerprint density at radius 2 is 1.59 bits per heavy atom. The van der Waals surface area contributed by atoms with Gasteiger partial charge in [0.1, 0.15) is 22.6 Å². The normalized spacial score (nSPS) is 11.0. The summed E-state index contributed by atoms with van der Waals surface area (Å²) in [5.41, 5.74) is -1.25. The Morgan fingerprint density at radius 3 is 2.15 bits per heavy atom. The van der Waals surface area contributed by atoms with Gasteiger partial charge in [-0.3, -0.25) is 15.4 Å². The van der Waals surface area contributed by atoms with E-state index in [9.17, 15) is 19.7 Å². The number of esters is 1. The lowest BCUT2D eigenvalue weighted by atomic mass is 10.1. The second-order valence-electron chi connectivity index (χ2n) is 9.24. The van der Waals surface area contributed by atoms with E-state index in [1.807, 2.05) is 6.07 Å². The van der Waals surface area contributed by atoms with E-state index in [0.717, 1.165) is 0 Å². The van der Waals surface area contributed by atoms with Gasteiger partial charge >= 0.3 is 12.1 Å². The van der Waals surface area contributed by atoms with Crippen LogP contribution in [0.2, 0.25) is 0 Å². The molecule has 34 heavy (non-hydrogen) atoms. The minimum atomic E-state index is -0.878. The predicted octanol–water partition coefficient (Wildman–Crippen LogP) is 5.06. The van der Waals surface area contributed by atoms with E-state index in [1.165, 1.54) is 12.1 Å². The van der Waals surface area contributed by atoms with E-state index in [0.29, 0.717) is 5.56 Å². The SMILES string of the molecule is CC(C)(C)OC(=O)COc1cc(NC(=O)OC(C)(C)C)c([N+](=O)[O-])cc1C#Cc1ccccc1. The van der Waals surface area contributed by atoms with Crippen LogP contribution in [0.25, 0.3) is 0 Å². The molecule has 0 bridgehead atoms. The maximum Gasteiger partial charge on any atom is 0.412 e. The monoisotopic (exact) mass is 468 g/mol. The van der Waals surface area contributed by atoms with E-state index in [-0.39, 0.29) is 17.0 Å². The summed E-state index contributed by atoms with van der Waals surface area (Å²) in [6, 6.07) is 11.4. The maximum atomic E-state index is 12.2. The first-order valence-corrected chi connectivity index (χ1v) is 10.5. The van der Waals surface area contributed by atoms with Crippen molar-refractivity contribution in [2.24, 2.45) is 0 Å². The lowest BCUT2D eigenvalue weighted by molar-refractivity contribution is -0.384. The van der Waals surface area contributed by atoms with Gasteiger partial charge in [-0.2, -0.15) is 0 Å². The molecule has 0 spiro atoms. The molecule has 0 heterocycles. The topological polar surface area (TPSA) is 117 Å². The Morgan fingerprint density at radius 1 is 0.971 bits per heavy atom. The van der Waals surface area contributed by atoms with Crippen molar-refractivity contribution in [3.8, 4) is 17.6 Å². The first kappa shape index (κ1) is 26.2. The van der Waals surface area contributed by atoms with Gasteiger partial charge in [-0.15, -0.1) is 0 Å². The van der Waals surface area contributed by atoms with Crippen molar-refractivity contribution in [3.05, 3.63) is 63.7 Å². The lowest BCUT2D eigenvalue weighted by Crippen LogP contribution is -2.28. The summed E-state index contributed by atoms with van der Waals surface area (Å²) in [7, 11) is 0. The summed E-state index contributed by atoms with van der Waals surface area (Å²) < 4.78 is 16.0. The third-order valence-electron chi connectivity index (χ3n) is 3.81. The van der Waals surface area contributed by atoms with Crippen LogP contribution in [0.3, 0.4) is 0 Å². The van der Waals surface area contributed by atoms with Gasteiger partial charge in [-0.1, -0.05) is 30.0 Å². The largest absolute Gasteiger partial charge is 0.481 e. The first-order valence-electron chi connectivity index (χ1n) is 10.5. The first-order chi connectivity index (χ1) is 15.7. The van der Waals surface area contributed by atoms with Crippen LogP contribution < -0.4 is 10.1 Å². The molecule has 0 saturated heterocycles. The number of carbonyl (C=O) groups excluding carboxylic acids is 2. The number of anilines is 1. The van der Waals surface area contributed by atoms with Gasteiger partial charge in [0, 0.05) is 17.7 Å². The van der Waals surface area contributed by atoms with E-state index in [2.05, 4.69) is 17.2 Å². The number of nitro benzene ring substituents is 1. The van der Waals surface area contributed by atoms with Crippen molar-refractivity contribution in [1.82, 2.24) is 0 Å². The Balaban J connectivity index is 2.46. The van der Waals surface area contributed by atoms with E-state index < -0.39 is 40.5 Å². The lowest BCUT2D eigenvalue weighted by Gasteiger charge is -2.20. The van der Waals surface area contributed by atoms with Crippen LogP contribution in [-0.2, 0) is 14.3 Å². The molecule has 2 rings (SSSR count). The number of nitro groups is 1. The number of nitrogens with zero attached hydrogens (tertiary/aromatic N) is 1. The molecule has 0 aliphatic heterocycles. The van der Waals surface area contributed by atoms with Crippen LogP contribution in [0.5, 0.6) is 5.75 Å². The predicted molar refractivity (Wildman–Crippen MR) is 127 cm³/mol. The molecule has 0 fully saturated rings. The van der Waals surface area contributed by atoms with Crippen LogP contribution in [0.4, 0.5) is 16.2 Å². The Labute approximate surface area is 198 Å². The van der Waals surface area contributed by atoms with Gasteiger partial charge < -0.3 is 14.2 Å². The minimum Gasteiger partial charge on any atom is -0.481 e. The van der Waals surface area contributed by atoms with Gasteiger partial charge in [0.15, 0.2) is 6.61 Å². The van der Waals surface area contributed by atoms with E-state index in [4.69, 9.17) is 14.2 Å². The van der Waals surface area contributed by atoms with Crippen LogP contribution in [0.1, 0.15) is 52.7 Å². The van der Waals surface area contributed by atoms with Crippen LogP contribution in [0, 0.1) is 22.0 Å². The highest BCUT2D eigenvalue weighted by atomic mass is 16.6. The van der Waals surface area contributed by atoms with Gasteiger partial charge in [0.05, 0.1) is 10.5 Å². The van der Waals surface area contributed by atoms with Crippen LogP contribution >= 0.6 is 0 Å². The fourth-order valence-corrected chi connectivity index (χ4v) is 2.62. The zero-order chi connectivity index (χ0) is 25.5. The molecule has 0 aromatic heterocycles. The number of ether oxygens (including phenoxy) is 3. The summed E-state index contributed by atoms with van der Waals surface area (Å²) in [5.74, 6) is 5.17. The number of hydrogen-bond acceptors (Lipinski definition) is 7. The second kappa shape index (κ2) is 10.7. The Bertz CT molecular complexity index is 1120. The van der Waals surface area contributed by atoms with Crippen molar-refractivity contribution in [2.45, 2.75) is 52.7 Å². The van der Waals surface area contributed by atoms with Crippen molar-refractivity contribution < 1.29 is 28.7 Å². The molecule has 0 unspecified atom stereocenters. The quantitative estimate of drug-likeness (QED) is 0.282. The molecule has 2 aromatic rings. The van der Waals surface area contributed by atoms with Gasteiger partial charge in [-0.25, -0.2) is 9.59 Å². The number of rotatable bonds is 5. The average molecular weight is 469 g/mol. The highest BCUT2D eigenvalue weighted by Gasteiger charge is 2.24. The molecule has 1 N–H and O–H groups in total. The molecule has 0 saturated carbocycles. The average Bonchev–Trinajstić information content (AvgIpc) is 2.69. The third-order valence-corrected chi connectivity index (χ3v) is 3.81. The number of hydrogen-bond donors (Lipinski definition) is 1. The molecule has 0 radical (unpaired) electrons. The Kier molecular flexibility index (Phi) is 8.25. The summed E-state index contributed by atoms with van der Waals surface area (Å²) in [6.45, 7) is 9.69. The van der Waals surface area contributed by atoms with Gasteiger partial charge in [0.25, 0.3) is 5.69 Å². The van der Waals surface area contributed by atoms with Crippen LogP contribution in [-0.4, -0.2) is 34.8 Å². The molecule has 9 nitrogen and oxygen atoms in total. The molecule has 0 aliphatic carbocycles. The summed E-state index contributed by atoms with van der Waals surface area (Å²) in [6.07, 6.45) is -0.878. The van der Waals surface area contributed by atoms with Crippen molar-refractivity contribution in [1.29, 1.82) is 0 Å².